The molecule has 0 bridgehead atoms. The van der Waals surface area contributed by atoms with Gasteiger partial charge >= 0.3 is 0 Å². The summed E-state index contributed by atoms with van der Waals surface area (Å²) >= 11 is 5.01. The molecule has 0 aliphatic carbocycles. The van der Waals surface area contributed by atoms with Crippen molar-refractivity contribution in [3.05, 3.63) is 11.3 Å². The van der Waals surface area contributed by atoms with Gasteiger partial charge in [0.25, 0.3) is 0 Å². The molecule has 1 atom stereocenters. The molecule has 19 heavy (non-hydrogen) atoms. The maximum atomic E-state index is 11.8. The number of thiocarbonyl (C=S) groups is 1. The molecule has 8 heteroatoms. The van der Waals surface area contributed by atoms with E-state index in [0.717, 1.165) is 12.1 Å². The summed E-state index contributed by atoms with van der Waals surface area (Å²) in [5.41, 5.74) is 7.12. The lowest BCUT2D eigenvalue weighted by molar-refractivity contribution is 0.591. The maximum absolute atomic E-state index is 11.8. The largest absolute Gasteiger partial charge is 0.389 e. The molecule has 0 aromatic carbocycles. The van der Waals surface area contributed by atoms with Crippen LogP contribution in [0.25, 0.3) is 0 Å². The van der Waals surface area contributed by atoms with Gasteiger partial charge in [-0.05, 0) is 19.8 Å². The third kappa shape index (κ3) is 2.74. The summed E-state index contributed by atoms with van der Waals surface area (Å²) in [5.74, 6) is 0.971. The van der Waals surface area contributed by atoms with E-state index in [2.05, 4.69) is 10.4 Å². The summed E-state index contributed by atoms with van der Waals surface area (Å²) in [6.07, 6.45) is 1.44. The van der Waals surface area contributed by atoms with Crippen molar-refractivity contribution >= 4 is 32.9 Å². The van der Waals surface area contributed by atoms with E-state index in [4.69, 9.17) is 18.0 Å². The number of nitrogens with one attached hydrogen (secondary N) is 1. The summed E-state index contributed by atoms with van der Waals surface area (Å²) in [5, 5.41) is 7.05. The van der Waals surface area contributed by atoms with Crippen molar-refractivity contribution < 1.29 is 8.42 Å². The number of nitrogens with zero attached hydrogens (tertiary/aromatic N) is 2. The molecule has 2 rings (SSSR count). The molecule has 0 saturated carbocycles. The summed E-state index contributed by atoms with van der Waals surface area (Å²) in [6, 6.07) is 0. The Morgan fingerprint density at radius 1 is 1.63 bits per heavy atom. The van der Waals surface area contributed by atoms with Gasteiger partial charge in [-0.25, -0.2) is 8.42 Å². The Morgan fingerprint density at radius 2 is 2.32 bits per heavy atom. The number of hydrogen-bond donors (Lipinski definition) is 2. The number of nitrogens with two attached hydrogens (primary N) is 1. The molecule has 2 heterocycles. The van der Waals surface area contributed by atoms with E-state index in [9.17, 15) is 8.42 Å². The molecule has 106 valence electrons. The molecule has 6 nitrogen and oxygen atoms in total. The van der Waals surface area contributed by atoms with Crippen molar-refractivity contribution in [3.8, 4) is 0 Å². The Hall–Kier alpha value is -1.15. The number of anilines is 1. The van der Waals surface area contributed by atoms with E-state index in [0.29, 0.717) is 24.3 Å². The normalized spacial score (nSPS) is 21.5. The molecule has 1 unspecified atom stereocenters. The second-order valence-electron chi connectivity index (χ2n) is 4.81. The SMILES string of the molecule is Cc1nn(C)c(NCC2CCCS2(=O)=O)c1C(N)=S. The third-order valence-corrected chi connectivity index (χ3v) is 5.91. The molecule has 0 amide bonds. The van der Waals surface area contributed by atoms with Gasteiger partial charge < -0.3 is 11.1 Å². The number of aromatic nitrogens is 2. The second kappa shape index (κ2) is 5.09. The topological polar surface area (TPSA) is 90.0 Å². The molecular formula is C11H18N4O2S2. The van der Waals surface area contributed by atoms with Crippen molar-refractivity contribution in [1.29, 1.82) is 0 Å². The maximum Gasteiger partial charge on any atom is 0.154 e. The number of sulfone groups is 1. The van der Waals surface area contributed by atoms with Gasteiger partial charge in [0.05, 0.1) is 22.3 Å². The van der Waals surface area contributed by atoms with E-state index < -0.39 is 9.84 Å². The molecule has 1 saturated heterocycles. The highest BCUT2D eigenvalue weighted by Gasteiger charge is 2.31. The standard InChI is InChI=1S/C11H18N4O2S2/c1-7-9(10(12)18)11(15(2)14-7)13-6-8-4-3-5-19(8,16)17/h8,13H,3-6H2,1-2H3,(H2,12,18). The monoisotopic (exact) mass is 302 g/mol. The summed E-state index contributed by atoms with van der Waals surface area (Å²) in [4.78, 5) is 0.266. The van der Waals surface area contributed by atoms with Crippen LogP contribution >= 0.6 is 12.2 Å². The average molecular weight is 302 g/mol. The Kier molecular flexibility index (Phi) is 3.82. The van der Waals surface area contributed by atoms with Crippen LogP contribution in [-0.4, -0.2) is 40.7 Å². The Morgan fingerprint density at radius 3 is 2.84 bits per heavy atom. The quantitative estimate of drug-likeness (QED) is 0.780. The highest BCUT2D eigenvalue weighted by atomic mass is 32.2. The first kappa shape index (κ1) is 14.3. The molecule has 1 fully saturated rings. The predicted molar refractivity (Wildman–Crippen MR) is 79.1 cm³/mol. The third-order valence-electron chi connectivity index (χ3n) is 3.43. The summed E-state index contributed by atoms with van der Waals surface area (Å²) in [7, 11) is -1.17. The summed E-state index contributed by atoms with van der Waals surface area (Å²) < 4.78 is 25.2. The Balaban J connectivity index is 2.18. The van der Waals surface area contributed by atoms with Crippen LogP contribution in [0.2, 0.25) is 0 Å². The lowest BCUT2D eigenvalue weighted by Crippen LogP contribution is -2.26. The number of hydrogen-bond acceptors (Lipinski definition) is 5. The Labute approximate surface area is 118 Å². The molecule has 3 N–H and O–H groups in total. The lowest BCUT2D eigenvalue weighted by Gasteiger charge is -2.13. The van der Waals surface area contributed by atoms with Crippen molar-refractivity contribution in [1.82, 2.24) is 9.78 Å². The predicted octanol–water partition coefficient (Wildman–Crippen LogP) is 0.352. The minimum Gasteiger partial charge on any atom is -0.389 e. The van der Waals surface area contributed by atoms with E-state index >= 15 is 0 Å². The smallest absolute Gasteiger partial charge is 0.154 e. The van der Waals surface area contributed by atoms with Crippen LogP contribution in [0, 0.1) is 6.92 Å². The van der Waals surface area contributed by atoms with Gasteiger partial charge in [-0.15, -0.1) is 0 Å². The first-order valence-electron chi connectivity index (χ1n) is 6.11. The fourth-order valence-electron chi connectivity index (χ4n) is 2.45. The van der Waals surface area contributed by atoms with Gasteiger partial charge in [-0.1, -0.05) is 12.2 Å². The van der Waals surface area contributed by atoms with Crippen molar-refractivity contribution in [2.75, 3.05) is 17.6 Å². The molecule has 1 aliphatic rings. The minimum atomic E-state index is -2.95. The van der Waals surface area contributed by atoms with Gasteiger partial charge in [0.1, 0.15) is 10.8 Å². The summed E-state index contributed by atoms with van der Waals surface area (Å²) in [6.45, 7) is 2.20. The van der Waals surface area contributed by atoms with E-state index in [-0.39, 0.29) is 16.0 Å². The highest BCUT2D eigenvalue weighted by Crippen LogP contribution is 2.23. The van der Waals surface area contributed by atoms with Crippen molar-refractivity contribution in [3.63, 3.8) is 0 Å². The number of aryl methyl sites for hydroxylation is 2. The van der Waals surface area contributed by atoms with Gasteiger partial charge in [0, 0.05) is 13.6 Å². The number of rotatable bonds is 4. The zero-order valence-corrected chi connectivity index (χ0v) is 12.6. The van der Waals surface area contributed by atoms with Gasteiger partial charge in [0.15, 0.2) is 9.84 Å². The van der Waals surface area contributed by atoms with Gasteiger partial charge in [-0.2, -0.15) is 5.10 Å². The average Bonchev–Trinajstić information content (AvgIpc) is 2.75. The highest BCUT2D eigenvalue weighted by molar-refractivity contribution is 7.92. The molecular weight excluding hydrogens is 284 g/mol. The Bertz CT molecular complexity index is 606. The van der Waals surface area contributed by atoms with Crippen LogP contribution in [0.1, 0.15) is 24.1 Å². The second-order valence-corrected chi connectivity index (χ2v) is 7.65. The van der Waals surface area contributed by atoms with Gasteiger partial charge in [-0.3, -0.25) is 4.68 Å². The fourth-order valence-corrected chi connectivity index (χ4v) is 4.46. The zero-order valence-electron chi connectivity index (χ0n) is 11.0. The van der Waals surface area contributed by atoms with Crippen LogP contribution in [0.5, 0.6) is 0 Å². The minimum absolute atomic E-state index is 0.266. The van der Waals surface area contributed by atoms with E-state index in [1.165, 1.54) is 0 Å². The first-order chi connectivity index (χ1) is 8.83. The van der Waals surface area contributed by atoms with Crippen molar-refractivity contribution in [2.45, 2.75) is 25.0 Å². The van der Waals surface area contributed by atoms with Crippen LogP contribution < -0.4 is 11.1 Å². The molecule has 1 aliphatic heterocycles. The molecule has 0 spiro atoms. The zero-order chi connectivity index (χ0) is 14.2. The first-order valence-corrected chi connectivity index (χ1v) is 8.24. The molecule has 1 aromatic heterocycles. The van der Waals surface area contributed by atoms with E-state index in [1.807, 2.05) is 6.92 Å². The van der Waals surface area contributed by atoms with Crippen LogP contribution in [0.3, 0.4) is 0 Å². The van der Waals surface area contributed by atoms with Crippen LogP contribution in [-0.2, 0) is 16.9 Å². The van der Waals surface area contributed by atoms with Crippen LogP contribution in [0.4, 0.5) is 5.82 Å². The van der Waals surface area contributed by atoms with Crippen LogP contribution in [0.15, 0.2) is 0 Å². The molecule has 1 aromatic rings. The fraction of sp³-hybridized carbons (Fsp3) is 0.636. The van der Waals surface area contributed by atoms with Crippen molar-refractivity contribution in [2.24, 2.45) is 12.8 Å². The lowest BCUT2D eigenvalue weighted by atomic mass is 10.2. The molecule has 0 radical (unpaired) electrons. The van der Waals surface area contributed by atoms with Gasteiger partial charge in [0.2, 0.25) is 0 Å². The van der Waals surface area contributed by atoms with E-state index in [1.54, 1.807) is 11.7 Å².